The largest absolute Gasteiger partial charge is 0.346 e. The molecule has 1 fully saturated rings. The van der Waals surface area contributed by atoms with Crippen LogP contribution < -0.4 is 5.32 Å². The van der Waals surface area contributed by atoms with Crippen LogP contribution >= 0.6 is 0 Å². The van der Waals surface area contributed by atoms with E-state index >= 15 is 0 Å². The van der Waals surface area contributed by atoms with Gasteiger partial charge in [0.25, 0.3) is 0 Å². The van der Waals surface area contributed by atoms with Gasteiger partial charge in [-0.2, -0.15) is 0 Å². The van der Waals surface area contributed by atoms with Crippen molar-refractivity contribution in [1.29, 1.82) is 0 Å². The van der Waals surface area contributed by atoms with E-state index in [0.717, 1.165) is 17.1 Å². The molecule has 1 aliphatic rings. The lowest BCUT2D eigenvalue weighted by molar-refractivity contribution is 0.649. The molecule has 0 radical (unpaired) electrons. The molecule has 4 nitrogen and oxygen atoms in total. The number of aryl methyl sites for hydroxylation is 2. The molecule has 0 bridgehead atoms. The summed E-state index contributed by atoms with van der Waals surface area (Å²) in [5.41, 5.74) is 3.12. The van der Waals surface area contributed by atoms with Crippen LogP contribution in [0.3, 0.4) is 0 Å². The maximum atomic E-state index is 4.64. The monoisotopic (exact) mass is 254 g/mol. The molecule has 0 spiro atoms. The highest BCUT2D eigenvalue weighted by molar-refractivity contribution is 5.31. The molecule has 98 valence electrons. The summed E-state index contributed by atoms with van der Waals surface area (Å²) in [6.45, 7) is 4.00. The predicted molar refractivity (Wildman–Crippen MR) is 74.8 cm³/mol. The lowest BCUT2D eigenvalue weighted by atomic mass is 10.1. The van der Waals surface area contributed by atoms with Crippen molar-refractivity contribution < 1.29 is 0 Å². The van der Waals surface area contributed by atoms with Crippen molar-refractivity contribution in [3.8, 4) is 0 Å². The minimum Gasteiger partial charge on any atom is -0.346 e. The summed E-state index contributed by atoms with van der Waals surface area (Å²) in [4.78, 5) is 13.3. The van der Waals surface area contributed by atoms with Gasteiger partial charge in [-0.15, -0.1) is 0 Å². The zero-order valence-electron chi connectivity index (χ0n) is 11.3. The van der Waals surface area contributed by atoms with Crippen LogP contribution in [0.1, 0.15) is 36.0 Å². The smallest absolute Gasteiger partial charge is 0.223 e. The van der Waals surface area contributed by atoms with Gasteiger partial charge in [0, 0.05) is 17.6 Å². The summed E-state index contributed by atoms with van der Waals surface area (Å²) in [5, 5.41) is 3.44. The van der Waals surface area contributed by atoms with Gasteiger partial charge in [0.05, 0.1) is 11.7 Å². The van der Waals surface area contributed by atoms with Crippen LogP contribution in [0.25, 0.3) is 0 Å². The van der Waals surface area contributed by atoms with Crippen molar-refractivity contribution in [3.05, 3.63) is 47.5 Å². The molecular formula is C15H18N4. The summed E-state index contributed by atoms with van der Waals surface area (Å²) < 4.78 is 0. The fourth-order valence-electron chi connectivity index (χ4n) is 2.26. The number of nitrogens with one attached hydrogen (secondary N) is 1. The first-order valence-electron chi connectivity index (χ1n) is 6.72. The van der Waals surface area contributed by atoms with Gasteiger partial charge < -0.3 is 5.32 Å². The third-order valence-electron chi connectivity index (χ3n) is 3.40. The Balaban J connectivity index is 1.86. The third-order valence-corrected chi connectivity index (χ3v) is 3.40. The van der Waals surface area contributed by atoms with Crippen LogP contribution in [0.15, 0.2) is 30.5 Å². The number of aromatic nitrogens is 3. The Morgan fingerprint density at radius 3 is 2.58 bits per heavy atom. The van der Waals surface area contributed by atoms with Crippen LogP contribution in [-0.4, -0.2) is 15.0 Å². The fraction of sp³-hybridized carbons (Fsp3) is 0.400. The van der Waals surface area contributed by atoms with Gasteiger partial charge in [0.1, 0.15) is 0 Å². The van der Waals surface area contributed by atoms with Crippen molar-refractivity contribution in [2.24, 2.45) is 5.92 Å². The Morgan fingerprint density at radius 1 is 1.11 bits per heavy atom. The lowest BCUT2D eigenvalue weighted by Gasteiger charge is -2.18. The molecule has 1 atom stereocenters. The fourth-order valence-corrected chi connectivity index (χ4v) is 2.26. The molecule has 2 aromatic rings. The maximum absolute atomic E-state index is 4.64. The first-order valence-corrected chi connectivity index (χ1v) is 6.72. The lowest BCUT2D eigenvalue weighted by Crippen LogP contribution is -2.16. The van der Waals surface area contributed by atoms with Gasteiger partial charge in [-0.3, -0.25) is 4.98 Å². The molecular weight excluding hydrogens is 236 g/mol. The van der Waals surface area contributed by atoms with E-state index in [4.69, 9.17) is 0 Å². The van der Waals surface area contributed by atoms with Gasteiger partial charge in [-0.05, 0) is 50.8 Å². The summed E-state index contributed by atoms with van der Waals surface area (Å²) >= 11 is 0. The van der Waals surface area contributed by atoms with E-state index in [2.05, 4.69) is 32.4 Å². The molecule has 0 saturated heterocycles. The summed E-state index contributed by atoms with van der Waals surface area (Å²) in [5.74, 6) is 1.35. The van der Waals surface area contributed by atoms with Gasteiger partial charge in [0.2, 0.25) is 5.95 Å². The quantitative estimate of drug-likeness (QED) is 0.911. The number of nitrogens with zero attached hydrogens (tertiary/aromatic N) is 3. The zero-order chi connectivity index (χ0) is 13.2. The highest BCUT2D eigenvalue weighted by Gasteiger charge is 2.33. The molecule has 0 aromatic carbocycles. The average molecular weight is 254 g/mol. The first kappa shape index (κ1) is 12.1. The van der Waals surface area contributed by atoms with Crippen LogP contribution in [0.4, 0.5) is 5.95 Å². The maximum Gasteiger partial charge on any atom is 0.223 e. The van der Waals surface area contributed by atoms with Crippen molar-refractivity contribution in [1.82, 2.24) is 15.0 Å². The summed E-state index contributed by atoms with van der Waals surface area (Å²) in [6, 6.07) is 8.30. The Labute approximate surface area is 113 Å². The van der Waals surface area contributed by atoms with E-state index in [0.29, 0.717) is 11.9 Å². The molecule has 19 heavy (non-hydrogen) atoms. The van der Waals surface area contributed by atoms with Crippen molar-refractivity contribution in [3.63, 3.8) is 0 Å². The SMILES string of the molecule is Cc1cccc([C@@H](Nc2nccc(C)n2)C2CC2)n1. The van der Waals surface area contributed by atoms with Crippen LogP contribution in [0.2, 0.25) is 0 Å². The normalized spacial score (nSPS) is 16.1. The van der Waals surface area contributed by atoms with Crippen molar-refractivity contribution in [2.75, 3.05) is 5.32 Å². The zero-order valence-corrected chi connectivity index (χ0v) is 11.3. The highest BCUT2D eigenvalue weighted by atomic mass is 15.1. The minimum atomic E-state index is 0.224. The molecule has 2 heterocycles. The molecule has 4 heteroatoms. The van der Waals surface area contributed by atoms with E-state index in [-0.39, 0.29) is 6.04 Å². The van der Waals surface area contributed by atoms with Crippen LogP contribution in [0.5, 0.6) is 0 Å². The van der Waals surface area contributed by atoms with E-state index < -0.39 is 0 Å². The number of pyridine rings is 1. The highest BCUT2D eigenvalue weighted by Crippen LogP contribution is 2.41. The Morgan fingerprint density at radius 2 is 1.89 bits per heavy atom. The number of rotatable bonds is 4. The molecule has 2 aromatic heterocycles. The molecule has 3 rings (SSSR count). The molecule has 0 unspecified atom stereocenters. The molecule has 0 amide bonds. The Hall–Kier alpha value is -1.97. The predicted octanol–water partition coefficient (Wildman–Crippen LogP) is 3.05. The van der Waals surface area contributed by atoms with Gasteiger partial charge in [-0.25, -0.2) is 9.97 Å². The average Bonchev–Trinajstić information content (AvgIpc) is 3.20. The molecule has 1 N–H and O–H groups in total. The summed E-state index contributed by atoms with van der Waals surface area (Å²) in [6.07, 6.45) is 4.29. The second-order valence-corrected chi connectivity index (χ2v) is 5.18. The van der Waals surface area contributed by atoms with Crippen molar-refractivity contribution >= 4 is 5.95 Å². The molecule has 1 aliphatic carbocycles. The summed E-state index contributed by atoms with van der Waals surface area (Å²) in [7, 11) is 0. The Bertz CT molecular complexity index is 578. The first-order chi connectivity index (χ1) is 9.22. The minimum absolute atomic E-state index is 0.224. The Kier molecular flexibility index (Phi) is 3.15. The third kappa shape index (κ3) is 2.89. The van der Waals surface area contributed by atoms with Gasteiger partial charge in [-0.1, -0.05) is 6.07 Å². The number of hydrogen-bond acceptors (Lipinski definition) is 4. The van der Waals surface area contributed by atoms with Gasteiger partial charge in [0.15, 0.2) is 0 Å². The second kappa shape index (κ2) is 4.96. The number of anilines is 1. The van der Waals surface area contributed by atoms with Crippen molar-refractivity contribution in [2.45, 2.75) is 32.7 Å². The van der Waals surface area contributed by atoms with E-state index in [9.17, 15) is 0 Å². The molecule has 1 saturated carbocycles. The van der Waals surface area contributed by atoms with E-state index in [1.165, 1.54) is 12.8 Å². The topological polar surface area (TPSA) is 50.7 Å². The molecule has 0 aliphatic heterocycles. The van der Waals surface area contributed by atoms with Crippen LogP contribution in [0, 0.1) is 19.8 Å². The van der Waals surface area contributed by atoms with Crippen LogP contribution in [-0.2, 0) is 0 Å². The second-order valence-electron chi connectivity index (χ2n) is 5.18. The van der Waals surface area contributed by atoms with E-state index in [1.54, 1.807) is 6.20 Å². The number of hydrogen-bond donors (Lipinski definition) is 1. The van der Waals surface area contributed by atoms with Gasteiger partial charge >= 0.3 is 0 Å². The van der Waals surface area contributed by atoms with E-state index in [1.807, 2.05) is 26.0 Å². The standard InChI is InChI=1S/C15H18N4/c1-10-4-3-5-13(17-10)14(12-6-7-12)19-15-16-9-8-11(2)18-15/h3-5,8-9,12,14H,6-7H2,1-2H3,(H,16,18,19)/t14-/m0/s1.